The lowest BCUT2D eigenvalue weighted by molar-refractivity contribution is 0.656. The molecule has 1 aromatic heterocycles. The molecule has 0 unspecified atom stereocenters. The molecule has 96 valence electrons. The largest absolute Gasteiger partial charge is 0.326 e. The zero-order valence-corrected chi connectivity index (χ0v) is 12.6. The van der Waals surface area contributed by atoms with Crippen LogP contribution in [0.2, 0.25) is 0 Å². The van der Waals surface area contributed by atoms with Gasteiger partial charge in [-0.2, -0.15) is 5.10 Å². The van der Waals surface area contributed by atoms with Crippen molar-refractivity contribution >= 4 is 15.9 Å². The van der Waals surface area contributed by atoms with Gasteiger partial charge in [0.1, 0.15) is 0 Å². The lowest BCUT2D eigenvalue weighted by Gasteiger charge is -2.09. The Morgan fingerprint density at radius 2 is 2.00 bits per heavy atom. The Morgan fingerprint density at radius 3 is 2.50 bits per heavy atom. The molecule has 0 aliphatic rings. The molecule has 0 amide bonds. The Hall–Kier alpha value is -1.13. The summed E-state index contributed by atoms with van der Waals surface area (Å²) in [5.74, 6) is 0. The van der Waals surface area contributed by atoms with Crippen molar-refractivity contribution in [3.63, 3.8) is 0 Å². The Balaban J connectivity index is 2.31. The third-order valence-electron chi connectivity index (χ3n) is 3.26. The quantitative estimate of drug-likeness (QED) is 0.947. The first kappa shape index (κ1) is 13.3. The molecule has 18 heavy (non-hydrogen) atoms. The van der Waals surface area contributed by atoms with E-state index in [-0.39, 0.29) is 0 Å². The van der Waals surface area contributed by atoms with E-state index >= 15 is 0 Å². The van der Waals surface area contributed by atoms with Crippen LogP contribution in [0.1, 0.15) is 28.1 Å². The molecule has 1 aromatic carbocycles. The lowest BCUT2D eigenvalue weighted by atomic mass is 10.1. The summed E-state index contributed by atoms with van der Waals surface area (Å²) < 4.78 is 3.13. The zero-order valence-electron chi connectivity index (χ0n) is 11.0. The summed E-state index contributed by atoms with van der Waals surface area (Å²) in [5, 5.41) is 4.53. The number of aromatic nitrogens is 2. The highest BCUT2D eigenvalue weighted by Gasteiger charge is 2.09. The standard InChI is InChI=1S/C14H18BrN3/c1-9-6-12(7-16)4-5-13(9)8-18-11(3)14(15)10(2)17-18/h4-6H,7-8,16H2,1-3H3. The highest BCUT2D eigenvalue weighted by Crippen LogP contribution is 2.21. The van der Waals surface area contributed by atoms with Crippen LogP contribution in [0.15, 0.2) is 22.7 Å². The first-order chi connectivity index (χ1) is 8.52. The average Bonchev–Trinajstić information content (AvgIpc) is 2.59. The molecule has 0 aliphatic carbocycles. The predicted molar refractivity (Wildman–Crippen MR) is 77.6 cm³/mol. The van der Waals surface area contributed by atoms with Crippen LogP contribution in [0.4, 0.5) is 0 Å². The average molecular weight is 308 g/mol. The minimum atomic E-state index is 0.590. The van der Waals surface area contributed by atoms with Crippen molar-refractivity contribution in [3.05, 3.63) is 50.8 Å². The van der Waals surface area contributed by atoms with Crippen LogP contribution in [0.25, 0.3) is 0 Å². The number of hydrogen-bond donors (Lipinski definition) is 1. The Labute approximate surface area is 116 Å². The fourth-order valence-electron chi connectivity index (χ4n) is 2.05. The van der Waals surface area contributed by atoms with Gasteiger partial charge < -0.3 is 5.73 Å². The molecule has 0 radical (unpaired) electrons. The monoisotopic (exact) mass is 307 g/mol. The summed E-state index contributed by atoms with van der Waals surface area (Å²) in [7, 11) is 0. The number of halogens is 1. The molecule has 0 atom stereocenters. The van der Waals surface area contributed by atoms with Gasteiger partial charge in [0.25, 0.3) is 0 Å². The second-order valence-electron chi connectivity index (χ2n) is 4.61. The molecular formula is C14H18BrN3. The normalized spacial score (nSPS) is 10.9. The molecule has 0 saturated carbocycles. The Morgan fingerprint density at radius 1 is 1.28 bits per heavy atom. The summed E-state index contributed by atoms with van der Waals surface area (Å²) in [4.78, 5) is 0. The van der Waals surface area contributed by atoms with Crippen LogP contribution in [0.5, 0.6) is 0 Å². The van der Waals surface area contributed by atoms with E-state index in [0.29, 0.717) is 6.54 Å². The molecule has 4 heteroatoms. The van der Waals surface area contributed by atoms with Gasteiger partial charge in [-0.15, -0.1) is 0 Å². The van der Waals surface area contributed by atoms with Crippen molar-refractivity contribution in [2.24, 2.45) is 5.73 Å². The molecule has 2 rings (SSSR count). The van der Waals surface area contributed by atoms with Crippen LogP contribution in [-0.4, -0.2) is 9.78 Å². The number of hydrogen-bond acceptors (Lipinski definition) is 2. The molecule has 0 aliphatic heterocycles. The van der Waals surface area contributed by atoms with Crippen LogP contribution < -0.4 is 5.73 Å². The maximum atomic E-state index is 5.64. The van der Waals surface area contributed by atoms with Crippen molar-refractivity contribution in [2.75, 3.05) is 0 Å². The van der Waals surface area contributed by atoms with Crippen LogP contribution >= 0.6 is 15.9 Å². The van der Waals surface area contributed by atoms with Crippen LogP contribution in [-0.2, 0) is 13.1 Å². The van der Waals surface area contributed by atoms with E-state index in [0.717, 1.165) is 22.4 Å². The molecule has 2 aromatic rings. The van der Waals surface area contributed by atoms with Gasteiger partial charge in [0.15, 0.2) is 0 Å². The maximum absolute atomic E-state index is 5.64. The third-order valence-corrected chi connectivity index (χ3v) is 4.40. The fraction of sp³-hybridized carbons (Fsp3) is 0.357. The first-order valence-electron chi connectivity index (χ1n) is 6.01. The smallest absolute Gasteiger partial charge is 0.0738 e. The van der Waals surface area contributed by atoms with Crippen molar-refractivity contribution in [1.29, 1.82) is 0 Å². The van der Waals surface area contributed by atoms with Gasteiger partial charge in [-0.25, -0.2) is 0 Å². The van der Waals surface area contributed by atoms with Crippen molar-refractivity contribution in [1.82, 2.24) is 9.78 Å². The number of rotatable bonds is 3. The minimum Gasteiger partial charge on any atom is -0.326 e. The van der Waals surface area contributed by atoms with Crippen molar-refractivity contribution in [2.45, 2.75) is 33.9 Å². The number of nitrogens with zero attached hydrogens (tertiary/aromatic N) is 2. The number of aryl methyl sites for hydroxylation is 2. The Bertz CT molecular complexity index is 573. The molecule has 0 fully saturated rings. The zero-order chi connectivity index (χ0) is 13.3. The summed E-state index contributed by atoms with van der Waals surface area (Å²) in [6, 6.07) is 6.38. The van der Waals surface area contributed by atoms with E-state index < -0.39 is 0 Å². The highest BCUT2D eigenvalue weighted by atomic mass is 79.9. The van der Waals surface area contributed by atoms with E-state index in [1.807, 2.05) is 11.6 Å². The molecule has 0 spiro atoms. The fourth-order valence-corrected chi connectivity index (χ4v) is 2.34. The van der Waals surface area contributed by atoms with Gasteiger partial charge in [-0.1, -0.05) is 18.2 Å². The van der Waals surface area contributed by atoms with E-state index in [9.17, 15) is 0 Å². The van der Waals surface area contributed by atoms with E-state index in [4.69, 9.17) is 5.73 Å². The summed E-state index contributed by atoms with van der Waals surface area (Å²) in [5.41, 5.74) is 11.6. The van der Waals surface area contributed by atoms with E-state index in [1.165, 1.54) is 16.7 Å². The van der Waals surface area contributed by atoms with Crippen molar-refractivity contribution < 1.29 is 0 Å². The second kappa shape index (κ2) is 5.24. The number of benzene rings is 1. The molecule has 1 heterocycles. The van der Waals surface area contributed by atoms with Crippen molar-refractivity contribution in [3.8, 4) is 0 Å². The second-order valence-corrected chi connectivity index (χ2v) is 5.40. The molecule has 0 bridgehead atoms. The summed E-state index contributed by atoms with van der Waals surface area (Å²) in [6.45, 7) is 7.60. The maximum Gasteiger partial charge on any atom is 0.0738 e. The molecule has 2 N–H and O–H groups in total. The first-order valence-corrected chi connectivity index (χ1v) is 6.80. The predicted octanol–water partition coefficient (Wildman–Crippen LogP) is 3.08. The summed E-state index contributed by atoms with van der Waals surface area (Å²) >= 11 is 3.55. The van der Waals surface area contributed by atoms with Gasteiger partial charge in [-0.05, 0) is 53.4 Å². The lowest BCUT2D eigenvalue weighted by Crippen LogP contribution is -2.06. The SMILES string of the molecule is Cc1cc(CN)ccc1Cn1nc(C)c(Br)c1C. The molecular weight excluding hydrogens is 290 g/mol. The van der Waals surface area contributed by atoms with Gasteiger partial charge in [0, 0.05) is 6.54 Å². The topological polar surface area (TPSA) is 43.8 Å². The van der Waals surface area contributed by atoms with Crippen LogP contribution in [0.3, 0.4) is 0 Å². The van der Waals surface area contributed by atoms with Gasteiger partial charge in [0.2, 0.25) is 0 Å². The number of nitrogens with two attached hydrogens (primary N) is 1. The molecule has 3 nitrogen and oxygen atoms in total. The van der Waals surface area contributed by atoms with Gasteiger partial charge in [-0.3, -0.25) is 4.68 Å². The minimum absolute atomic E-state index is 0.590. The van der Waals surface area contributed by atoms with Crippen LogP contribution in [0, 0.1) is 20.8 Å². The van der Waals surface area contributed by atoms with Gasteiger partial charge >= 0.3 is 0 Å². The Kier molecular flexibility index (Phi) is 3.88. The third kappa shape index (κ3) is 2.49. The molecule has 0 saturated heterocycles. The van der Waals surface area contributed by atoms with E-state index in [2.05, 4.69) is 53.1 Å². The summed E-state index contributed by atoms with van der Waals surface area (Å²) in [6.07, 6.45) is 0. The van der Waals surface area contributed by atoms with Gasteiger partial charge in [0.05, 0.1) is 22.4 Å². The van der Waals surface area contributed by atoms with E-state index in [1.54, 1.807) is 0 Å². The highest BCUT2D eigenvalue weighted by molar-refractivity contribution is 9.10.